The Kier molecular flexibility index (Phi) is 7.14. The Hall–Kier alpha value is -2.89. The highest BCUT2D eigenvalue weighted by Crippen LogP contribution is 2.20. The van der Waals surface area contributed by atoms with E-state index < -0.39 is 30.9 Å². The molecule has 0 aliphatic carbocycles. The molecule has 6 heteroatoms. The molecule has 1 N–H and O–H groups in total. The van der Waals surface area contributed by atoms with Crippen molar-refractivity contribution in [1.29, 1.82) is 0 Å². The molecule has 26 heavy (non-hydrogen) atoms. The third kappa shape index (κ3) is 6.20. The lowest BCUT2D eigenvalue weighted by atomic mass is 9.99. The summed E-state index contributed by atoms with van der Waals surface area (Å²) >= 11 is 0. The fourth-order valence-electron chi connectivity index (χ4n) is 2.21. The first-order valence-electron chi connectivity index (χ1n) is 8.41. The lowest BCUT2D eigenvalue weighted by molar-refractivity contribution is -0.149. The maximum Gasteiger partial charge on any atom is 0.344 e. The van der Waals surface area contributed by atoms with Gasteiger partial charge in [0.15, 0.2) is 13.2 Å². The Morgan fingerprint density at radius 2 is 1.85 bits per heavy atom. The molecular formula is C20H22FNO4. The summed E-state index contributed by atoms with van der Waals surface area (Å²) in [6.07, 6.45) is 1.04. The summed E-state index contributed by atoms with van der Waals surface area (Å²) in [7, 11) is 0. The molecule has 0 radical (unpaired) electrons. The van der Waals surface area contributed by atoms with Gasteiger partial charge in [-0.05, 0) is 42.2 Å². The van der Waals surface area contributed by atoms with Gasteiger partial charge in [-0.15, -0.1) is 0 Å². The smallest absolute Gasteiger partial charge is 0.344 e. The third-order valence-electron chi connectivity index (χ3n) is 3.89. The van der Waals surface area contributed by atoms with Crippen LogP contribution in [0.25, 0.3) is 0 Å². The Morgan fingerprint density at radius 1 is 1.12 bits per heavy atom. The number of hydrogen-bond donors (Lipinski definition) is 1. The van der Waals surface area contributed by atoms with Crippen LogP contribution in [0.1, 0.15) is 31.7 Å². The van der Waals surface area contributed by atoms with Gasteiger partial charge in [0, 0.05) is 11.8 Å². The van der Waals surface area contributed by atoms with Gasteiger partial charge in [-0.25, -0.2) is 9.18 Å². The highest BCUT2D eigenvalue weighted by atomic mass is 19.1. The minimum atomic E-state index is -0.712. The molecule has 5 nitrogen and oxygen atoms in total. The van der Waals surface area contributed by atoms with E-state index in [0.29, 0.717) is 11.6 Å². The zero-order valence-electron chi connectivity index (χ0n) is 14.8. The standard InChI is InChI=1S/C20H22FNO4/c1-3-14(2)15-7-9-17(10-8-15)22-19(23)12-26-20(24)13-25-18-6-4-5-16(21)11-18/h4-11,14H,3,12-13H2,1-2H3,(H,22,23)/t14-/m1/s1. The zero-order valence-corrected chi connectivity index (χ0v) is 14.8. The number of benzene rings is 2. The summed E-state index contributed by atoms with van der Waals surface area (Å²) in [6, 6.07) is 13.0. The van der Waals surface area contributed by atoms with Gasteiger partial charge in [-0.1, -0.05) is 32.0 Å². The first-order chi connectivity index (χ1) is 12.5. The second-order valence-electron chi connectivity index (χ2n) is 5.89. The van der Waals surface area contributed by atoms with E-state index in [4.69, 9.17) is 9.47 Å². The number of halogens is 1. The van der Waals surface area contributed by atoms with Crippen LogP contribution in [0.4, 0.5) is 10.1 Å². The second kappa shape index (κ2) is 9.56. The first kappa shape index (κ1) is 19.4. The van der Waals surface area contributed by atoms with Gasteiger partial charge in [0.25, 0.3) is 5.91 Å². The molecule has 1 atom stereocenters. The van der Waals surface area contributed by atoms with E-state index in [9.17, 15) is 14.0 Å². The molecule has 0 unspecified atom stereocenters. The molecule has 138 valence electrons. The monoisotopic (exact) mass is 359 g/mol. The van der Waals surface area contributed by atoms with Crippen molar-refractivity contribution in [1.82, 2.24) is 0 Å². The summed E-state index contributed by atoms with van der Waals surface area (Å²) in [5.74, 6) is -0.946. The molecule has 0 aromatic heterocycles. The third-order valence-corrected chi connectivity index (χ3v) is 3.89. The largest absolute Gasteiger partial charge is 0.482 e. The molecule has 2 aromatic carbocycles. The van der Waals surface area contributed by atoms with E-state index in [2.05, 4.69) is 19.2 Å². The second-order valence-corrected chi connectivity index (χ2v) is 5.89. The van der Waals surface area contributed by atoms with Gasteiger partial charge >= 0.3 is 5.97 Å². The predicted molar refractivity (Wildman–Crippen MR) is 96.6 cm³/mol. The summed E-state index contributed by atoms with van der Waals surface area (Å²) < 4.78 is 22.9. The van der Waals surface area contributed by atoms with Crippen molar-refractivity contribution in [2.45, 2.75) is 26.2 Å². The fraction of sp³-hybridized carbons (Fsp3) is 0.300. The van der Waals surface area contributed by atoms with E-state index in [0.717, 1.165) is 12.5 Å². The van der Waals surface area contributed by atoms with Crippen LogP contribution in [0.15, 0.2) is 48.5 Å². The van der Waals surface area contributed by atoms with Crippen LogP contribution in [-0.4, -0.2) is 25.1 Å². The molecular weight excluding hydrogens is 337 g/mol. The summed E-state index contributed by atoms with van der Waals surface area (Å²) in [4.78, 5) is 23.4. The van der Waals surface area contributed by atoms with E-state index in [1.807, 2.05) is 24.3 Å². The van der Waals surface area contributed by atoms with Crippen molar-refractivity contribution in [3.8, 4) is 5.75 Å². The number of carbonyl (C=O) groups is 2. The van der Waals surface area contributed by atoms with E-state index in [-0.39, 0.29) is 5.75 Å². The molecule has 2 aromatic rings. The Labute approximate surface area is 152 Å². The molecule has 1 amide bonds. The number of ether oxygens (including phenoxy) is 2. The molecule has 0 bridgehead atoms. The lowest BCUT2D eigenvalue weighted by Gasteiger charge is -2.11. The summed E-state index contributed by atoms with van der Waals surface area (Å²) in [6.45, 7) is 3.43. The normalized spacial score (nSPS) is 11.5. The summed E-state index contributed by atoms with van der Waals surface area (Å²) in [5.41, 5.74) is 1.83. The molecule has 0 saturated carbocycles. The summed E-state index contributed by atoms with van der Waals surface area (Å²) in [5, 5.41) is 2.66. The van der Waals surface area contributed by atoms with Gasteiger partial charge < -0.3 is 14.8 Å². The number of carbonyl (C=O) groups excluding carboxylic acids is 2. The number of nitrogens with one attached hydrogen (secondary N) is 1. The van der Waals surface area contributed by atoms with Gasteiger partial charge in [0.1, 0.15) is 11.6 Å². The zero-order chi connectivity index (χ0) is 18.9. The maximum atomic E-state index is 13.0. The molecule has 0 fully saturated rings. The lowest BCUT2D eigenvalue weighted by Crippen LogP contribution is -2.23. The van der Waals surface area contributed by atoms with E-state index in [1.165, 1.54) is 23.8 Å². The van der Waals surface area contributed by atoms with Gasteiger partial charge in [0.05, 0.1) is 0 Å². The molecule has 0 aliphatic heterocycles. The Balaban J connectivity index is 1.73. The molecule has 0 aliphatic rings. The number of amides is 1. The van der Waals surface area contributed by atoms with E-state index in [1.54, 1.807) is 0 Å². The van der Waals surface area contributed by atoms with Crippen LogP contribution in [0.3, 0.4) is 0 Å². The Morgan fingerprint density at radius 3 is 2.50 bits per heavy atom. The van der Waals surface area contributed by atoms with Gasteiger partial charge in [-0.2, -0.15) is 0 Å². The highest BCUT2D eigenvalue weighted by molar-refractivity contribution is 5.92. The number of hydrogen-bond acceptors (Lipinski definition) is 4. The fourth-order valence-corrected chi connectivity index (χ4v) is 2.21. The highest BCUT2D eigenvalue weighted by Gasteiger charge is 2.10. The van der Waals surface area contributed by atoms with Crippen LogP contribution in [0.2, 0.25) is 0 Å². The number of anilines is 1. The molecule has 0 spiro atoms. The Bertz CT molecular complexity index is 746. The van der Waals surface area contributed by atoms with Crippen LogP contribution in [-0.2, 0) is 14.3 Å². The van der Waals surface area contributed by atoms with Gasteiger partial charge in [0.2, 0.25) is 0 Å². The van der Waals surface area contributed by atoms with Crippen molar-refractivity contribution in [3.05, 3.63) is 59.9 Å². The molecule has 2 rings (SSSR count). The van der Waals surface area contributed by atoms with Crippen molar-refractivity contribution in [2.75, 3.05) is 18.5 Å². The van der Waals surface area contributed by atoms with Crippen molar-refractivity contribution in [2.24, 2.45) is 0 Å². The van der Waals surface area contributed by atoms with Crippen LogP contribution in [0.5, 0.6) is 5.75 Å². The van der Waals surface area contributed by atoms with Crippen LogP contribution < -0.4 is 10.1 Å². The SMILES string of the molecule is CC[C@@H](C)c1ccc(NC(=O)COC(=O)COc2cccc(F)c2)cc1. The van der Waals surface area contributed by atoms with Crippen LogP contribution in [0, 0.1) is 5.82 Å². The molecule has 0 heterocycles. The quantitative estimate of drug-likeness (QED) is 0.726. The molecule has 0 saturated heterocycles. The topological polar surface area (TPSA) is 64.6 Å². The average molecular weight is 359 g/mol. The van der Waals surface area contributed by atoms with Crippen molar-refractivity contribution in [3.63, 3.8) is 0 Å². The minimum absolute atomic E-state index is 0.216. The number of esters is 1. The number of rotatable bonds is 8. The average Bonchev–Trinajstić information content (AvgIpc) is 2.64. The van der Waals surface area contributed by atoms with Crippen LogP contribution >= 0.6 is 0 Å². The first-order valence-corrected chi connectivity index (χ1v) is 8.41. The predicted octanol–water partition coefficient (Wildman–Crippen LogP) is 3.90. The minimum Gasteiger partial charge on any atom is -0.482 e. The van der Waals surface area contributed by atoms with Gasteiger partial charge in [-0.3, -0.25) is 4.79 Å². The maximum absolute atomic E-state index is 13.0. The van der Waals surface area contributed by atoms with E-state index >= 15 is 0 Å². The van der Waals surface area contributed by atoms with Crippen molar-refractivity contribution < 1.29 is 23.5 Å². The van der Waals surface area contributed by atoms with Crippen molar-refractivity contribution >= 4 is 17.6 Å².